The van der Waals surface area contributed by atoms with Crippen LogP contribution in [0.2, 0.25) is 0 Å². The Morgan fingerprint density at radius 3 is 2.06 bits per heavy atom. The van der Waals surface area contributed by atoms with Crippen molar-refractivity contribution in [2.24, 2.45) is 0 Å². The van der Waals surface area contributed by atoms with Crippen LogP contribution in [0.25, 0.3) is 0 Å². The van der Waals surface area contributed by atoms with Crippen LogP contribution in [-0.2, 0) is 22.6 Å². The molecule has 0 aliphatic rings. The summed E-state index contributed by atoms with van der Waals surface area (Å²) >= 11 is 0. The second-order valence-corrected chi connectivity index (χ2v) is 8.48. The van der Waals surface area contributed by atoms with E-state index in [0.717, 1.165) is 16.7 Å². The standard InChI is InChI=1S/C28H32N2O3/c1-21(2)29-28(32)26(18-23-10-6-4-7-11-23)30(19-24-16-14-22(3)15-17-24)27(31)20-33-25-12-8-5-9-13-25/h4-17,21,26H,18-20H2,1-3H3,(H,29,32). The normalized spacial score (nSPS) is 11.6. The lowest BCUT2D eigenvalue weighted by Gasteiger charge is -2.32. The molecule has 3 rings (SSSR count). The van der Waals surface area contributed by atoms with Crippen molar-refractivity contribution in [2.75, 3.05) is 6.61 Å². The van der Waals surface area contributed by atoms with Gasteiger partial charge in [-0.2, -0.15) is 0 Å². The molecule has 1 unspecified atom stereocenters. The molecule has 2 amide bonds. The molecule has 0 radical (unpaired) electrons. The van der Waals surface area contributed by atoms with E-state index in [9.17, 15) is 9.59 Å². The fourth-order valence-electron chi connectivity index (χ4n) is 3.57. The molecule has 0 fully saturated rings. The van der Waals surface area contributed by atoms with Crippen LogP contribution in [0.1, 0.15) is 30.5 Å². The number of rotatable bonds is 10. The van der Waals surface area contributed by atoms with Gasteiger partial charge < -0.3 is 15.0 Å². The highest BCUT2D eigenvalue weighted by Gasteiger charge is 2.31. The molecule has 0 saturated heterocycles. The summed E-state index contributed by atoms with van der Waals surface area (Å²) in [6.07, 6.45) is 0.419. The third-order valence-electron chi connectivity index (χ3n) is 5.28. The van der Waals surface area contributed by atoms with E-state index in [4.69, 9.17) is 4.74 Å². The predicted molar refractivity (Wildman–Crippen MR) is 131 cm³/mol. The molecule has 0 bridgehead atoms. The summed E-state index contributed by atoms with van der Waals surface area (Å²) < 4.78 is 5.74. The second kappa shape index (κ2) is 11.9. The van der Waals surface area contributed by atoms with Gasteiger partial charge in [-0.1, -0.05) is 78.4 Å². The van der Waals surface area contributed by atoms with Crippen LogP contribution in [0, 0.1) is 6.92 Å². The molecule has 5 nitrogen and oxygen atoms in total. The van der Waals surface area contributed by atoms with Gasteiger partial charge in [0.05, 0.1) is 0 Å². The number of benzene rings is 3. The fraction of sp³-hybridized carbons (Fsp3) is 0.286. The van der Waals surface area contributed by atoms with E-state index in [1.54, 1.807) is 4.90 Å². The number of amides is 2. The summed E-state index contributed by atoms with van der Waals surface area (Å²) in [5, 5.41) is 2.99. The molecule has 1 atom stereocenters. The van der Waals surface area contributed by atoms with Gasteiger partial charge in [-0.15, -0.1) is 0 Å². The average Bonchev–Trinajstić information content (AvgIpc) is 2.82. The summed E-state index contributed by atoms with van der Waals surface area (Å²) in [7, 11) is 0. The Hall–Kier alpha value is -3.60. The van der Waals surface area contributed by atoms with E-state index in [0.29, 0.717) is 18.7 Å². The lowest BCUT2D eigenvalue weighted by atomic mass is 10.0. The molecule has 3 aromatic carbocycles. The molecule has 33 heavy (non-hydrogen) atoms. The van der Waals surface area contributed by atoms with Crippen LogP contribution in [-0.4, -0.2) is 35.4 Å². The van der Waals surface area contributed by atoms with Gasteiger partial charge >= 0.3 is 0 Å². The van der Waals surface area contributed by atoms with E-state index in [2.05, 4.69) is 5.32 Å². The third kappa shape index (κ3) is 7.49. The number of carbonyl (C=O) groups is 2. The van der Waals surface area contributed by atoms with E-state index >= 15 is 0 Å². The minimum atomic E-state index is -0.664. The number of hydrogen-bond donors (Lipinski definition) is 1. The fourth-order valence-corrected chi connectivity index (χ4v) is 3.57. The average molecular weight is 445 g/mol. The van der Waals surface area contributed by atoms with E-state index in [1.807, 2.05) is 106 Å². The Labute approximate surface area is 196 Å². The molecule has 0 aromatic heterocycles. The maximum absolute atomic E-state index is 13.4. The van der Waals surface area contributed by atoms with Gasteiger partial charge in [-0.25, -0.2) is 0 Å². The van der Waals surface area contributed by atoms with Crippen molar-refractivity contribution in [1.29, 1.82) is 0 Å². The van der Waals surface area contributed by atoms with Crippen LogP contribution in [0.4, 0.5) is 0 Å². The molecule has 0 saturated carbocycles. The van der Waals surface area contributed by atoms with Crippen molar-refractivity contribution >= 4 is 11.8 Å². The predicted octanol–water partition coefficient (Wildman–Crippen LogP) is 4.54. The smallest absolute Gasteiger partial charge is 0.261 e. The highest BCUT2D eigenvalue weighted by Crippen LogP contribution is 2.17. The molecule has 0 heterocycles. The van der Waals surface area contributed by atoms with E-state index in [1.165, 1.54) is 0 Å². The molecule has 5 heteroatoms. The molecule has 3 aromatic rings. The van der Waals surface area contributed by atoms with Gasteiger partial charge in [0.2, 0.25) is 5.91 Å². The zero-order chi connectivity index (χ0) is 23.6. The van der Waals surface area contributed by atoms with Gasteiger partial charge in [0, 0.05) is 19.0 Å². The zero-order valence-electron chi connectivity index (χ0n) is 19.5. The first kappa shape index (κ1) is 24.1. The number of ether oxygens (including phenoxy) is 1. The first-order valence-electron chi connectivity index (χ1n) is 11.3. The van der Waals surface area contributed by atoms with Crippen molar-refractivity contribution in [3.05, 3.63) is 102 Å². The number of nitrogens with one attached hydrogen (secondary N) is 1. The van der Waals surface area contributed by atoms with E-state index < -0.39 is 6.04 Å². The van der Waals surface area contributed by atoms with Gasteiger partial charge in [0.25, 0.3) is 5.91 Å². The molecular weight excluding hydrogens is 412 g/mol. The largest absolute Gasteiger partial charge is 0.484 e. The molecule has 0 spiro atoms. The quantitative estimate of drug-likeness (QED) is 0.500. The Balaban J connectivity index is 1.89. The SMILES string of the molecule is Cc1ccc(CN(C(=O)COc2ccccc2)C(Cc2ccccc2)C(=O)NC(C)C)cc1. The molecule has 172 valence electrons. The maximum atomic E-state index is 13.4. The van der Waals surface area contributed by atoms with Crippen LogP contribution in [0.15, 0.2) is 84.9 Å². The monoisotopic (exact) mass is 444 g/mol. The van der Waals surface area contributed by atoms with Gasteiger partial charge in [-0.05, 0) is 44.0 Å². The minimum absolute atomic E-state index is 0.0346. The number of carbonyl (C=O) groups excluding carboxylic acids is 2. The lowest BCUT2D eigenvalue weighted by Crippen LogP contribution is -2.52. The Morgan fingerprint density at radius 1 is 0.848 bits per heavy atom. The number of aryl methyl sites for hydroxylation is 1. The van der Waals surface area contributed by atoms with Crippen molar-refractivity contribution < 1.29 is 14.3 Å². The summed E-state index contributed by atoms with van der Waals surface area (Å²) in [4.78, 5) is 28.3. The van der Waals surface area contributed by atoms with Crippen molar-refractivity contribution in [2.45, 2.75) is 45.8 Å². The summed E-state index contributed by atoms with van der Waals surface area (Å²) in [6, 6.07) is 26.3. The summed E-state index contributed by atoms with van der Waals surface area (Å²) in [6.45, 7) is 6.04. The number of hydrogen-bond acceptors (Lipinski definition) is 3. The zero-order valence-corrected chi connectivity index (χ0v) is 19.5. The molecular formula is C28H32N2O3. The first-order chi connectivity index (χ1) is 15.9. The van der Waals surface area contributed by atoms with Crippen LogP contribution < -0.4 is 10.1 Å². The van der Waals surface area contributed by atoms with Crippen molar-refractivity contribution in [3.8, 4) is 5.75 Å². The summed E-state index contributed by atoms with van der Waals surface area (Å²) in [5.41, 5.74) is 3.10. The van der Waals surface area contributed by atoms with Gasteiger partial charge in [-0.3, -0.25) is 9.59 Å². The maximum Gasteiger partial charge on any atom is 0.261 e. The Bertz CT molecular complexity index is 1020. The second-order valence-electron chi connectivity index (χ2n) is 8.48. The van der Waals surface area contributed by atoms with Crippen LogP contribution >= 0.6 is 0 Å². The topological polar surface area (TPSA) is 58.6 Å². The number of para-hydroxylation sites is 1. The van der Waals surface area contributed by atoms with Crippen molar-refractivity contribution in [3.63, 3.8) is 0 Å². The van der Waals surface area contributed by atoms with E-state index in [-0.39, 0.29) is 24.5 Å². The highest BCUT2D eigenvalue weighted by molar-refractivity contribution is 5.88. The van der Waals surface area contributed by atoms with Gasteiger partial charge in [0.1, 0.15) is 11.8 Å². The lowest BCUT2D eigenvalue weighted by molar-refractivity contribution is -0.143. The van der Waals surface area contributed by atoms with Crippen molar-refractivity contribution in [1.82, 2.24) is 10.2 Å². The number of nitrogens with zero attached hydrogens (tertiary/aromatic N) is 1. The third-order valence-corrected chi connectivity index (χ3v) is 5.28. The summed E-state index contributed by atoms with van der Waals surface area (Å²) in [5.74, 6) is 0.209. The van der Waals surface area contributed by atoms with Crippen LogP contribution in [0.3, 0.4) is 0 Å². The van der Waals surface area contributed by atoms with Gasteiger partial charge in [0.15, 0.2) is 6.61 Å². The molecule has 1 N–H and O–H groups in total. The van der Waals surface area contributed by atoms with Crippen LogP contribution in [0.5, 0.6) is 5.75 Å². The Kier molecular flexibility index (Phi) is 8.64. The molecule has 0 aliphatic heterocycles. The highest BCUT2D eigenvalue weighted by atomic mass is 16.5. The first-order valence-corrected chi connectivity index (χ1v) is 11.3. The molecule has 0 aliphatic carbocycles. The minimum Gasteiger partial charge on any atom is -0.484 e. The Morgan fingerprint density at radius 2 is 1.45 bits per heavy atom.